The molecule has 0 spiro atoms. The van der Waals surface area contributed by atoms with Crippen LogP contribution in [0, 0.1) is 0 Å². The third kappa shape index (κ3) is 13.6. The van der Waals surface area contributed by atoms with E-state index in [4.69, 9.17) is 4.74 Å². The number of carbonyl (C=O) groups excluding carboxylic acids is 2. The standard InChI is InChI=1S/C27H44O3/c1-24(28)20-16-14-12-10-8-6-4-3-5-7-9-11-13-15-17-22-26(29)25-21-18-19-23-27(25)30-2/h18-19,21,23H,3-17,20,22H2,1-2H3. The monoisotopic (exact) mass is 416 g/mol. The van der Waals surface area contributed by atoms with Crippen molar-refractivity contribution in [1.82, 2.24) is 0 Å². The van der Waals surface area contributed by atoms with Crippen LogP contribution < -0.4 is 4.74 Å². The second-order valence-corrected chi connectivity index (χ2v) is 8.63. The zero-order valence-corrected chi connectivity index (χ0v) is 19.6. The number of benzene rings is 1. The highest BCUT2D eigenvalue weighted by Crippen LogP contribution is 2.20. The Morgan fingerprint density at radius 2 is 1.03 bits per heavy atom. The van der Waals surface area contributed by atoms with E-state index in [2.05, 4.69) is 0 Å². The van der Waals surface area contributed by atoms with Crippen LogP contribution in [0.2, 0.25) is 0 Å². The minimum Gasteiger partial charge on any atom is -0.496 e. The molecule has 0 amide bonds. The summed E-state index contributed by atoms with van der Waals surface area (Å²) in [6, 6.07) is 7.51. The van der Waals surface area contributed by atoms with E-state index < -0.39 is 0 Å². The Bertz CT molecular complexity index is 579. The summed E-state index contributed by atoms with van der Waals surface area (Å²) in [6.45, 7) is 1.69. The molecule has 0 heterocycles. The van der Waals surface area contributed by atoms with E-state index in [9.17, 15) is 9.59 Å². The fraction of sp³-hybridized carbons (Fsp3) is 0.704. The normalized spacial score (nSPS) is 10.9. The Kier molecular flexibility index (Phi) is 16.0. The molecule has 0 N–H and O–H groups in total. The maximum absolute atomic E-state index is 12.3. The molecule has 0 fully saturated rings. The molecule has 3 nitrogen and oxygen atoms in total. The molecule has 0 saturated carbocycles. The predicted molar refractivity (Wildman–Crippen MR) is 126 cm³/mol. The third-order valence-corrected chi connectivity index (χ3v) is 5.84. The van der Waals surface area contributed by atoms with Gasteiger partial charge in [-0.2, -0.15) is 0 Å². The van der Waals surface area contributed by atoms with E-state index in [1.54, 1.807) is 14.0 Å². The lowest BCUT2D eigenvalue weighted by Crippen LogP contribution is -2.01. The summed E-state index contributed by atoms with van der Waals surface area (Å²) in [5.41, 5.74) is 0.716. The molecule has 0 atom stereocenters. The number of methoxy groups -OCH3 is 1. The number of rotatable bonds is 20. The molecule has 0 radical (unpaired) electrons. The van der Waals surface area contributed by atoms with Gasteiger partial charge in [0.1, 0.15) is 11.5 Å². The van der Waals surface area contributed by atoms with Gasteiger partial charge < -0.3 is 9.53 Å². The first-order valence-corrected chi connectivity index (χ1v) is 12.3. The van der Waals surface area contributed by atoms with Crippen molar-refractivity contribution in [3.63, 3.8) is 0 Å². The predicted octanol–water partition coefficient (Wildman–Crippen LogP) is 8.10. The van der Waals surface area contributed by atoms with Crippen molar-refractivity contribution in [3.05, 3.63) is 29.8 Å². The van der Waals surface area contributed by atoms with Gasteiger partial charge in [-0.15, -0.1) is 0 Å². The summed E-state index contributed by atoms with van der Waals surface area (Å²) in [6.07, 6.45) is 20.5. The number of para-hydroxylation sites is 1. The van der Waals surface area contributed by atoms with Crippen molar-refractivity contribution < 1.29 is 14.3 Å². The van der Waals surface area contributed by atoms with Gasteiger partial charge in [0.25, 0.3) is 0 Å². The molecule has 1 aromatic rings. The first-order chi connectivity index (χ1) is 14.6. The fourth-order valence-electron chi connectivity index (χ4n) is 3.97. The number of ether oxygens (including phenoxy) is 1. The van der Waals surface area contributed by atoms with E-state index in [-0.39, 0.29) is 5.78 Å². The highest BCUT2D eigenvalue weighted by atomic mass is 16.5. The maximum Gasteiger partial charge on any atom is 0.166 e. The average Bonchev–Trinajstić information content (AvgIpc) is 2.75. The van der Waals surface area contributed by atoms with Crippen LogP contribution >= 0.6 is 0 Å². The summed E-state index contributed by atoms with van der Waals surface area (Å²) in [4.78, 5) is 23.2. The Labute approximate surface area is 185 Å². The van der Waals surface area contributed by atoms with Gasteiger partial charge >= 0.3 is 0 Å². The van der Waals surface area contributed by atoms with Gasteiger partial charge in [0.05, 0.1) is 12.7 Å². The van der Waals surface area contributed by atoms with Crippen LogP contribution in [0.25, 0.3) is 0 Å². The lowest BCUT2D eigenvalue weighted by atomic mass is 10.0. The number of hydrogen-bond donors (Lipinski definition) is 0. The summed E-state index contributed by atoms with van der Waals surface area (Å²) in [5.74, 6) is 1.21. The second-order valence-electron chi connectivity index (χ2n) is 8.63. The number of carbonyl (C=O) groups is 2. The van der Waals surface area contributed by atoms with Crippen molar-refractivity contribution >= 4 is 11.6 Å². The van der Waals surface area contributed by atoms with Crippen LogP contribution in [-0.2, 0) is 4.79 Å². The van der Waals surface area contributed by atoms with Crippen molar-refractivity contribution in [1.29, 1.82) is 0 Å². The zero-order valence-electron chi connectivity index (χ0n) is 19.6. The lowest BCUT2D eigenvalue weighted by Gasteiger charge is -2.07. The molecule has 0 aliphatic rings. The Balaban J connectivity index is 1.83. The van der Waals surface area contributed by atoms with Gasteiger partial charge in [0, 0.05) is 12.8 Å². The topological polar surface area (TPSA) is 43.4 Å². The number of hydrogen-bond acceptors (Lipinski definition) is 3. The highest BCUT2D eigenvalue weighted by Gasteiger charge is 2.10. The molecular formula is C27H44O3. The zero-order chi connectivity index (χ0) is 21.9. The fourth-order valence-corrected chi connectivity index (χ4v) is 3.97. The van der Waals surface area contributed by atoms with E-state index in [1.165, 1.54) is 77.0 Å². The van der Waals surface area contributed by atoms with Crippen LogP contribution in [0.1, 0.15) is 126 Å². The van der Waals surface area contributed by atoms with Gasteiger partial charge in [-0.05, 0) is 31.9 Å². The lowest BCUT2D eigenvalue weighted by molar-refractivity contribution is -0.117. The first-order valence-electron chi connectivity index (χ1n) is 12.3. The van der Waals surface area contributed by atoms with Crippen molar-refractivity contribution in [2.24, 2.45) is 0 Å². The quantitative estimate of drug-likeness (QED) is 0.159. The molecule has 0 unspecified atom stereocenters. The molecule has 1 rings (SSSR count). The summed E-state index contributed by atoms with van der Waals surface area (Å²) in [5, 5.41) is 0. The summed E-state index contributed by atoms with van der Waals surface area (Å²) >= 11 is 0. The smallest absolute Gasteiger partial charge is 0.166 e. The largest absolute Gasteiger partial charge is 0.496 e. The van der Waals surface area contributed by atoms with Gasteiger partial charge in [0.2, 0.25) is 0 Å². The molecule has 0 bridgehead atoms. The minimum atomic E-state index is 0.198. The number of unbranched alkanes of at least 4 members (excludes halogenated alkanes) is 14. The Morgan fingerprint density at radius 1 is 0.633 bits per heavy atom. The number of ketones is 2. The molecule has 0 saturated heterocycles. The van der Waals surface area contributed by atoms with E-state index in [1.807, 2.05) is 24.3 Å². The van der Waals surface area contributed by atoms with Crippen molar-refractivity contribution in [3.8, 4) is 5.75 Å². The molecule has 30 heavy (non-hydrogen) atoms. The molecule has 0 aliphatic heterocycles. The third-order valence-electron chi connectivity index (χ3n) is 5.84. The van der Waals surface area contributed by atoms with Crippen LogP contribution in [-0.4, -0.2) is 18.7 Å². The SMILES string of the molecule is COc1ccccc1C(=O)CCCCCCCCCCCCCCCCCC(C)=O. The van der Waals surface area contributed by atoms with E-state index in [0.29, 0.717) is 23.5 Å². The first kappa shape index (κ1) is 26.4. The molecule has 1 aromatic carbocycles. The van der Waals surface area contributed by atoms with E-state index >= 15 is 0 Å². The van der Waals surface area contributed by atoms with Crippen molar-refractivity contribution in [2.75, 3.05) is 7.11 Å². The summed E-state index contributed by atoms with van der Waals surface area (Å²) < 4.78 is 5.28. The van der Waals surface area contributed by atoms with Crippen LogP contribution in [0.4, 0.5) is 0 Å². The molecular weight excluding hydrogens is 372 g/mol. The highest BCUT2D eigenvalue weighted by molar-refractivity contribution is 5.98. The van der Waals surface area contributed by atoms with Crippen LogP contribution in [0.3, 0.4) is 0 Å². The number of Topliss-reactive ketones (excluding diaryl/α,β-unsaturated/α-hetero) is 2. The van der Waals surface area contributed by atoms with Gasteiger partial charge in [0.15, 0.2) is 5.78 Å². The van der Waals surface area contributed by atoms with Crippen LogP contribution in [0.15, 0.2) is 24.3 Å². The van der Waals surface area contributed by atoms with Gasteiger partial charge in [-0.25, -0.2) is 0 Å². The molecule has 3 heteroatoms. The summed E-state index contributed by atoms with van der Waals surface area (Å²) in [7, 11) is 1.62. The maximum atomic E-state index is 12.3. The second kappa shape index (κ2) is 18.2. The average molecular weight is 417 g/mol. The Hall–Kier alpha value is -1.64. The molecule has 0 aliphatic carbocycles. The van der Waals surface area contributed by atoms with Crippen molar-refractivity contribution in [2.45, 2.75) is 116 Å². The van der Waals surface area contributed by atoms with E-state index in [0.717, 1.165) is 25.7 Å². The van der Waals surface area contributed by atoms with Gasteiger partial charge in [-0.1, -0.05) is 95.6 Å². The van der Waals surface area contributed by atoms with Crippen LogP contribution in [0.5, 0.6) is 5.75 Å². The van der Waals surface area contributed by atoms with Gasteiger partial charge in [-0.3, -0.25) is 4.79 Å². The molecule has 0 aromatic heterocycles. The Morgan fingerprint density at radius 3 is 1.47 bits per heavy atom. The minimum absolute atomic E-state index is 0.198. The molecule has 170 valence electrons.